The lowest BCUT2D eigenvalue weighted by atomic mass is 10.1. The smallest absolute Gasteiger partial charge is 0.154 e. The highest BCUT2D eigenvalue weighted by Gasteiger charge is 2.23. The Balaban J connectivity index is 1.79. The molecule has 0 aliphatic carbocycles. The van der Waals surface area contributed by atoms with Crippen molar-refractivity contribution in [2.24, 2.45) is 0 Å². The van der Waals surface area contributed by atoms with Crippen LogP contribution in [0.4, 0.5) is 10.2 Å². The van der Waals surface area contributed by atoms with E-state index >= 15 is 0 Å². The quantitative estimate of drug-likeness (QED) is 0.787. The Morgan fingerprint density at radius 3 is 2.77 bits per heavy atom. The molecule has 1 atom stereocenters. The summed E-state index contributed by atoms with van der Waals surface area (Å²) < 4.78 is 14.8. The molecule has 1 aromatic carbocycles. The van der Waals surface area contributed by atoms with Crippen LogP contribution in [-0.2, 0) is 0 Å². The van der Waals surface area contributed by atoms with Crippen LogP contribution in [0, 0.1) is 5.82 Å². The van der Waals surface area contributed by atoms with Gasteiger partial charge < -0.3 is 10.0 Å². The number of aromatic nitrogens is 3. The van der Waals surface area contributed by atoms with E-state index in [1.807, 2.05) is 6.07 Å². The molecule has 0 bridgehead atoms. The highest BCUT2D eigenvalue weighted by atomic mass is 19.1. The molecular formula is C16H15FN4O. The number of rotatable bonds is 2. The Bertz CT molecular complexity index is 815. The van der Waals surface area contributed by atoms with Crippen molar-refractivity contribution in [1.82, 2.24) is 14.6 Å². The van der Waals surface area contributed by atoms with E-state index in [1.54, 1.807) is 29.0 Å². The molecule has 6 heteroatoms. The Hall–Kier alpha value is -2.47. The lowest BCUT2D eigenvalue weighted by Gasteiger charge is -2.16. The van der Waals surface area contributed by atoms with Gasteiger partial charge in [-0.25, -0.2) is 13.9 Å². The van der Waals surface area contributed by atoms with Crippen molar-refractivity contribution in [3.63, 3.8) is 0 Å². The van der Waals surface area contributed by atoms with Gasteiger partial charge in [0.2, 0.25) is 0 Å². The number of hydrogen-bond donors (Lipinski definition) is 1. The van der Waals surface area contributed by atoms with Crippen LogP contribution in [-0.4, -0.2) is 38.9 Å². The van der Waals surface area contributed by atoms with E-state index in [4.69, 9.17) is 0 Å². The molecule has 5 nitrogen and oxygen atoms in total. The minimum atomic E-state index is -0.304. The van der Waals surface area contributed by atoms with Crippen LogP contribution in [0.1, 0.15) is 6.42 Å². The van der Waals surface area contributed by atoms with Crippen LogP contribution >= 0.6 is 0 Å². The highest BCUT2D eigenvalue weighted by molar-refractivity contribution is 5.75. The van der Waals surface area contributed by atoms with Crippen LogP contribution in [0.3, 0.4) is 0 Å². The number of nitrogens with zero attached hydrogens (tertiary/aromatic N) is 4. The summed E-state index contributed by atoms with van der Waals surface area (Å²) >= 11 is 0. The highest BCUT2D eigenvalue weighted by Crippen LogP contribution is 2.27. The molecule has 1 aliphatic rings. The molecule has 0 amide bonds. The summed E-state index contributed by atoms with van der Waals surface area (Å²) in [7, 11) is 0. The third-order valence-corrected chi connectivity index (χ3v) is 3.97. The van der Waals surface area contributed by atoms with E-state index in [1.165, 1.54) is 12.1 Å². The summed E-state index contributed by atoms with van der Waals surface area (Å²) in [6, 6.07) is 8.22. The summed E-state index contributed by atoms with van der Waals surface area (Å²) in [4.78, 5) is 6.50. The zero-order valence-corrected chi connectivity index (χ0v) is 11.9. The third-order valence-electron chi connectivity index (χ3n) is 3.97. The van der Waals surface area contributed by atoms with E-state index < -0.39 is 0 Å². The van der Waals surface area contributed by atoms with Crippen molar-refractivity contribution < 1.29 is 9.50 Å². The summed E-state index contributed by atoms with van der Waals surface area (Å²) in [5.74, 6) is 0.556. The van der Waals surface area contributed by atoms with Gasteiger partial charge in [-0.15, -0.1) is 0 Å². The maximum absolute atomic E-state index is 13.0. The molecule has 112 valence electrons. The Morgan fingerprint density at radius 2 is 2.05 bits per heavy atom. The summed E-state index contributed by atoms with van der Waals surface area (Å²) in [5.41, 5.74) is 2.52. The topological polar surface area (TPSA) is 53.7 Å². The molecule has 22 heavy (non-hydrogen) atoms. The van der Waals surface area contributed by atoms with Gasteiger partial charge in [-0.05, 0) is 36.8 Å². The Morgan fingerprint density at radius 1 is 1.23 bits per heavy atom. The van der Waals surface area contributed by atoms with Crippen molar-refractivity contribution in [2.45, 2.75) is 12.5 Å². The van der Waals surface area contributed by atoms with E-state index in [2.05, 4.69) is 15.0 Å². The number of hydrogen-bond acceptors (Lipinski definition) is 4. The molecule has 3 heterocycles. The molecule has 1 unspecified atom stereocenters. The number of fused-ring (bicyclic) bond motifs is 1. The molecule has 2 aromatic heterocycles. The lowest BCUT2D eigenvalue weighted by Crippen LogP contribution is -2.22. The summed E-state index contributed by atoms with van der Waals surface area (Å²) in [6.07, 6.45) is 3.94. The molecule has 1 fully saturated rings. The minimum Gasteiger partial charge on any atom is -0.391 e. The van der Waals surface area contributed by atoms with Crippen molar-refractivity contribution in [2.75, 3.05) is 18.0 Å². The van der Waals surface area contributed by atoms with Crippen LogP contribution in [0.15, 0.2) is 42.7 Å². The monoisotopic (exact) mass is 298 g/mol. The standard InChI is InChI=1S/C16H15FN4O/c17-12-3-1-11(2-4-12)14-9-15-16(18-6-8-21(15)19-14)20-7-5-13(22)10-20/h1-4,6,8-9,13,22H,5,7,10H2. The van der Waals surface area contributed by atoms with Gasteiger partial charge in [0.1, 0.15) is 11.3 Å². The van der Waals surface area contributed by atoms with E-state index in [0.29, 0.717) is 6.54 Å². The molecule has 0 spiro atoms. The second-order valence-corrected chi connectivity index (χ2v) is 5.51. The lowest BCUT2D eigenvalue weighted by molar-refractivity contribution is 0.198. The van der Waals surface area contributed by atoms with Gasteiger partial charge in [0.05, 0.1) is 11.8 Å². The number of aliphatic hydroxyl groups excluding tert-OH is 1. The molecular weight excluding hydrogens is 283 g/mol. The number of halogens is 1. The van der Waals surface area contributed by atoms with Crippen molar-refractivity contribution in [3.05, 3.63) is 48.5 Å². The van der Waals surface area contributed by atoms with Crippen molar-refractivity contribution >= 4 is 11.3 Å². The molecule has 1 N–H and O–H groups in total. The predicted octanol–water partition coefficient (Wildman–Crippen LogP) is 2.11. The van der Waals surface area contributed by atoms with Gasteiger partial charge in [-0.1, -0.05) is 0 Å². The van der Waals surface area contributed by atoms with Gasteiger partial charge in [0.25, 0.3) is 0 Å². The number of β-amino-alcohol motifs (C(OH)–C–C–N with tert-alkyl or cyclic N) is 1. The van der Waals surface area contributed by atoms with Gasteiger partial charge in [-0.2, -0.15) is 5.10 Å². The van der Waals surface area contributed by atoms with Gasteiger partial charge in [-0.3, -0.25) is 0 Å². The molecule has 1 aliphatic heterocycles. The number of anilines is 1. The van der Waals surface area contributed by atoms with E-state index in [-0.39, 0.29) is 11.9 Å². The maximum Gasteiger partial charge on any atom is 0.154 e. The average molecular weight is 298 g/mol. The first kappa shape index (κ1) is 13.2. The first-order valence-corrected chi connectivity index (χ1v) is 7.24. The first-order chi connectivity index (χ1) is 10.7. The fourth-order valence-corrected chi connectivity index (χ4v) is 2.85. The Kier molecular flexibility index (Phi) is 3.04. The van der Waals surface area contributed by atoms with Gasteiger partial charge >= 0.3 is 0 Å². The van der Waals surface area contributed by atoms with Crippen molar-refractivity contribution in [3.8, 4) is 11.3 Å². The van der Waals surface area contributed by atoms with Crippen LogP contribution in [0.2, 0.25) is 0 Å². The SMILES string of the molecule is OC1CCN(c2nccn3nc(-c4ccc(F)cc4)cc23)C1. The molecule has 1 saturated heterocycles. The predicted molar refractivity (Wildman–Crippen MR) is 81.2 cm³/mol. The summed E-state index contributed by atoms with van der Waals surface area (Å²) in [6.45, 7) is 1.37. The van der Waals surface area contributed by atoms with E-state index in [9.17, 15) is 9.50 Å². The molecule has 4 rings (SSSR count). The average Bonchev–Trinajstić information content (AvgIpc) is 3.13. The van der Waals surface area contributed by atoms with E-state index in [0.717, 1.165) is 35.6 Å². The first-order valence-electron chi connectivity index (χ1n) is 7.24. The second-order valence-electron chi connectivity index (χ2n) is 5.51. The van der Waals surface area contributed by atoms with Crippen LogP contribution < -0.4 is 4.90 Å². The molecule has 0 saturated carbocycles. The minimum absolute atomic E-state index is 0.263. The normalized spacial score (nSPS) is 18.3. The fraction of sp³-hybridized carbons (Fsp3) is 0.250. The number of aliphatic hydroxyl groups is 1. The van der Waals surface area contributed by atoms with Crippen LogP contribution in [0.25, 0.3) is 16.8 Å². The maximum atomic E-state index is 13.0. The van der Waals surface area contributed by atoms with Crippen LogP contribution in [0.5, 0.6) is 0 Å². The third kappa shape index (κ3) is 2.21. The fourth-order valence-electron chi connectivity index (χ4n) is 2.85. The van der Waals surface area contributed by atoms with Gasteiger partial charge in [0.15, 0.2) is 5.82 Å². The molecule has 3 aromatic rings. The summed E-state index contributed by atoms with van der Waals surface area (Å²) in [5, 5.41) is 14.2. The Labute approximate surface area is 126 Å². The second kappa shape index (κ2) is 5.06. The molecule has 0 radical (unpaired) electrons. The zero-order valence-electron chi connectivity index (χ0n) is 11.9. The zero-order chi connectivity index (χ0) is 15.1. The largest absolute Gasteiger partial charge is 0.391 e. The van der Waals surface area contributed by atoms with Crippen molar-refractivity contribution in [1.29, 1.82) is 0 Å². The van der Waals surface area contributed by atoms with Gasteiger partial charge in [0, 0.05) is 31.0 Å². The number of benzene rings is 1.